The second kappa shape index (κ2) is 8.88. The maximum Gasteiger partial charge on any atom is 0.516 e. The lowest BCUT2D eigenvalue weighted by Gasteiger charge is -2.11. The van der Waals surface area contributed by atoms with Crippen LogP contribution < -0.4 is 14.8 Å². The third-order valence-electron chi connectivity index (χ3n) is 4.29. The van der Waals surface area contributed by atoms with Gasteiger partial charge in [-0.1, -0.05) is 6.92 Å². The number of amides is 1. The number of hydrogen-bond acceptors (Lipinski definition) is 4. The van der Waals surface area contributed by atoms with E-state index in [0.717, 1.165) is 35.0 Å². The first-order valence-corrected chi connectivity index (χ1v) is 10.8. The molecule has 7 nitrogen and oxygen atoms in total. The third-order valence-corrected chi connectivity index (χ3v) is 5.40. The lowest BCUT2D eigenvalue weighted by molar-refractivity contribution is -0.115. The van der Waals surface area contributed by atoms with Gasteiger partial charge in [-0.3, -0.25) is 9.52 Å². The van der Waals surface area contributed by atoms with E-state index in [9.17, 15) is 26.4 Å². The number of hydrogen-bond donors (Lipinski definition) is 3. The van der Waals surface area contributed by atoms with Gasteiger partial charge in [0.1, 0.15) is 5.75 Å². The third kappa shape index (κ3) is 5.48. The van der Waals surface area contributed by atoms with E-state index >= 15 is 0 Å². The summed E-state index contributed by atoms with van der Waals surface area (Å²) in [7, 11) is -5.50. The summed E-state index contributed by atoms with van der Waals surface area (Å²) >= 11 is 0. The Morgan fingerprint density at radius 1 is 1.10 bits per heavy atom. The Balaban J connectivity index is 1.66. The highest BCUT2D eigenvalue weighted by molar-refractivity contribution is 7.93. The maximum atomic E-state index is 12.4. The number of fused-ring (bicyclic) bond motifs is 1. The van der Waals surface area contributed by atoms with Crippen molar-refractivity contribution in [1.29, 1.82) is 0 Å². The lowest BCUT2D eigenvalue weighted by atomic mass is 10.1. The molecule has 0 radical (unpaired) electrons. The average molecular weight is 455 g/mol. The summed E-state index contributed by atoms with van der Waals surface area (Å²) in [6, 6.07) is 10.4. The molecule has 1 amide bonds. The molecule has 0 aliphatic carbocycles. The summed E-state index contributed by atoms with van der Waals surface area (Å²) in [5.41, 5.74) is -3.77. The molecule has 0 spiro atoms. The number of carbonyl (C=O) groups is 1. The molecule has 2 aromatic carbocycles. The van der Waals surface area contributed by atoms with Gasteiger partial charge in [-0.25, -0.2) is 0 Å². The number of aromatic amines is 1. The van der Waals surface area contributed by atoms with Crippen molar-refractivity contribution in [2.75, 3.05) is 16.6 Å². The van der Waals surface area contributed by atoms with Crippen LogP contribution in [0.1, 0.15) is 18.9 Å². The number of sulfonamides is 1. The number of alkyl halides is 3. The molecule has 31 heavy (non-hydrogen) atoms. The van der Waals surface area contributed by atoms with Crippen molar-refractivity contribution in [1.82, 2.24) is 4.98 Å². The van der Waals surface area contributed by atoms with E-state index < -0.39 is 15.5 Å². The van der Waals surface area contributed by atoms with Crippen LogP contribution in [0.5, 0.6) is 5.75 Å². The summed E-state index contributed by atoms with van der Waals surface area (Å²) in [5, 5.41) is 3.48. The molecule has 3 aromatic rings. The van der Waals surface area contributed by atoms with Crippen molar-refractivity contribution in [2.45, 2.75) is 25.3 Å². The van der Waals surface area contributed by atoms with Crippen molar-refractivity contribution in [3.05, 3.63) is 54.2 Å². The minimum atomic E-state index is -5.50. The molecule has 3 N–H and O–H groups in total. The smallest absolute Gasteiger partial charge is 0.494 e. The first-order chi connectivity index (χ1) is 14.6. The molecule has 11 heteroatoms. The fourth-order valence-electron chi connectivity index (χ4n) is 2.83. The zero-order chi connectivity index (χ0) is 22.6. The monoisotopic (exact) mass is 455 g/mol. The van der Waals surface area contributed by atoms with Crippen molar-refractivity contribution >= 4 is 38.2 Å². The van der Waals surface area contributed by atoms with Crippen LogP contribution in [0.25, 0.3) is 10.9 Å². The summed E-state index contributed by atoms with van der Waals surface area (Å²) in [6.45, 7) is 2.59. The van der Waals surface area contributed by atoms with Crippen LogP contribution in [0.3, 0.4) is 0 Å². The number of H-pyrrole nitrogens is 1. The Labute approximate surface area is 176 Å². The standard InChI is InChI=1S/C20H20F3N3O4S/c1-2-9-30-16-7-8-18-17(11-16)13(12-24-18)10-19(27)25-14-3-5-15(6-4-14)26-31(28,29)20(21,22)23/h3-8,11-12,24,26H,2,9-10H2,1H3,(H,25,27). The summed E-state index contributed by atoms with van der Waals surface area (Å²) in [5.74, 6) is 0.358. The minimum absolute atomic E-state index is 0.0552. The quantitative estimate of drug-likeness (QED) is 0.469. The zero-order valence-electron chi connectivity index (χ0n) is 16.4. The molecule has 166 valence electrons. The second-order valence-corrected chi connectivity index (χ2v) is 8.40. The van der Waals surface area contributed by atoms with E-state index in [4.69, 9.17) is 4.74 Å². The van der Waals surface area contributed by atoms with Gasteiger partial charge in [0.25, 0.3) is 0 Å². The molecule has 3 rings (SSSR count). The molecule has 0 bridgehead atoms. The fourth-order valence-corrected chi connectivity index (χ4v) is 3.39. The molecule has 1 aromatic heterocycles. The van der Waals surface area contributed by atoms with E-state index in [0.29, 0.717) is 18.0 Å². The average Bonchev–Trinajstić information content (AvgIpc) is 3.09. The first-order valence-electron chi connectivity index (χ1n) is 9.31. The van der Waals surface area contributed by atoms with Gasteiger partial charge < -0.3 is 15.0 Å². The van der Waals surface area contributed by atoms with E-state index in [1.54, 1.807) is 6.20 Å². The topological polar surface area (TPSA) is 100 Å². The Bertz CT molecular complexity index is 1170. The van der Waals surface area contributed by atoms with Gasteiger partial charge >= 0.3 is 15.5 Å². The lowest BCUT2D eigenvalue weighted by Crippen LogP contribution is -2.29. The highest BCUT2D eigenvalue weighted by atomic mass is 32.2. The van der Waals surface area contributed by atoms with Gasteiger partial charge in [-0.05, 0) is 54.4 Å². The highest BCUT2D eigenvalue weighted by Crippen LogP contribution is 2.27. The van der Waals surface area contributed by atoms with Crippen LogP contribution in [-0.2, 0) is 21.2 Å². The van der Waals surface area contributed by atoms with Crippen LogP contribution in [0.2, 0.25) is 0 Å². The van der Waals surface area contributed by atoms with Gasteiger partial charge in [0.15, 0.2) is 0 Å². The molecule has 0 saturated carbocycles. The number of carbonyl (C=O) groups excluding carboxylic acids is 1. The summed E-state index contributed by atoms with van der Waals surface area (Å²) in [6.07, 6.45) is 2.65. The second-order valence-electron chi connectivity index (χ2n) is 6.72. The normalized spacial score (nSPS) is 12.0. The highest BCUT2D eigenvalue weighted by Gasteiger charge is 2.46. The summed E-state index contributed by atoms with van der Waals surface area (Å²) in [4.78, 5) is 15.5. The SMILES string of the molecule is CCCOc1ccc2[nH]cc(CC(=O)Nc3ccc(NS(=O)(=O)C(F)(F)F)cc3)c2c1. The van der Waals surface area contributed by atoms with E-state index in [-0.39, 0.29) is 18.0 Å². The molecule has 0 unspecified atom stereocenters. The summed E-state index contributed by atoms with van der Waals surface area (Å²) < 4.78 is 66.6. The van der Waals surface area contributed by atoms with Crippen LogP contribution in [0.4, 0.5) is 24.5 Å². The van der Waals surface area contributed by atoms with Crippen LogP contribution in [0.15, 0.2) is 48.7 Å². The number of aromatic nitrogens is 1. The number of rotatable bonds is 8. The maximum absolute atomic E-state index is 12.4. The Morgan fingerprint density at radius 2 is 1.77 bits per heavy atom. The Kier molecular flexibility index (Phi) is 6.44. The van der Waals surface area contributed by atoms with Crippen molar-refractivity contribution in [2.24, 2.45) is 0 Å². The molecule has 0 atom stereocenters. The van der Waals surface area contributed by atoms with E-state index in [2.05, 4.69) is 10.3 Å². The van der Waals surface area contributed by atoms with Crippen molar-refractivity contribution in [3.63, 3.8) is 0 Å². The Morgan fingerprint density at radius 3 is 2.42 bits per heavy atom. The largest absolute Gasteiger partial charge is 0.516 e. The molecular formula is C20H20F3N3O4S. The Hall–Kier alpha value is -3.21. The van der Waals surface area contributed by atoms with Crippen LogP contribution in [0, 0.1) is 0 Å². The number of nitrogens with one attached hydrogen (secondary N) is 3. The molecule has 1 heterocycles. The fraction of sp³-hybridized carbons (Fsp3) is 0.250. The van der Waals surface area contributed by atoms with E-state index in [1.165, 1.54) is 16.9 Å². The van der Waals surface area contributed by atoms with Gasteiger partial charge in [0, 0.05) is 28.5 Å². The number of benzene rings is 2. The van der Waals surface area contributed by atoms with Crippen molar-refractivity contribution in [3.8, 4) is 5.75 Å². The predicted molar refractivity (Wildman–Crippen MR) is 111 cm³/mol. The van der Waals surface area contributed by atoms with Crippen LogP contribution in [-0.4, -0.2) is 31.4 Å². The molecule has 0 aliphatic rings. The van der Waals surface area contributed by atoms with Gasteiger partial charge in [-0.2, -0.15) is 21.6 Å². The molecule has 0 aliphatic heterocycles. The zero-order valence-corrected chi connectivity index (χ0v) is 17.2. The molecule has 0 saturated heterocycles. The van der Waals surface area contributed by atoms with Crippen LogP contribution >= 0.6 is 0 Å². The number of anilines is 2. The van der Waals surface area contributed by atoms with Gasteiger partial charge in [0.05, 0.1) is 13.0 Å². The van der Waals surface area contributed by atoms with Gasteiger partial charge in [0.2, 0.25) is 5.91 Å². The van der Waals surface area contributed by atoms with Crippen molar-refractivity contribution < 1.29 is 31.1 Å². The molecule has 0 fully saturated rings. The van der Waals surface area contributed by atoms with Gasteiger partial charge in [-0.15, -0.1) is 0 Å². The first kappa shape index (κ1) is 22.5. The molecular weight excluding hydrogens is 435 g/mol. The van der Waals surface area contributed by atoms with E-state index in [1.807, 2.05) is 25.1 Å². The minimum Gasteiger partial charge on any atom is -0.494 e. The number of ether oxygens (including phenoxy) is 1. The predicted octanol–water partition coefficient (Wildman–Crippen LogP) is 4.40. The number of halogens is 3.